The van der Waals surface area contributed by atoms with Crippen molar-refractivity contribution in [3.63, 3.8) is 0 Å². The Morgan fingerprint density at radius 2 is 2.18 bits per heavy atom. The van der Waals surface area contributed by atoms with Gasteiger partial charge >= 0.3 is 0 Å². The molecule has 0 unspecified atom stereocenters. The fourth-order valence-corrected chi connectivity index (χ4v) is 3.71. The Morgan fingerprint density at radius 3 is 2.86 bits per heavy atom. The summed E-state index contributed by atoms with van der Waals surface area (Å²) in [6.45, 7) is 4.59. The van der Waals surface area contributed by atoms with Crippen molar-refractivity contribution in [2.24, 2.45) is 4.99 Å². The third-order valence-corrected chi connectivity index (χ3v) is 4.96. The van der Waals surface area contributed by atoms with E-state index in [4.69, 9.17) is 0 Å². The first kappa shape index (κ1) is 15.0. The number of hydrogen-bond donors (Lipinski definition) is 0. The van der Waals surface area contributed by atoms with Crippen LogP contribution in [0.3, 0.4) is 0 Å². The van der Waals surface area contributed by atoms with Gasteiger partial charge in [-0.3, -0.25) is 9.69 Å². The fraction of sp³-hybridized carbons (Fsp3) is 0.188. The summed E-state index contributed by atoms with van der Waals surface area (Å²) in [5.41, 5.74) is 2.21. The molecule has 0 saturated carbocycles. The first-order valence-corrected chi connectivity index (χ1v) is 8.64. The van der Waals surface area contributed by atoms with Gasteiger partial charge in [0.25, 0.3) is 5.91 Å². The maximum Gasteiger partial charge on any atom is 0.266 e. The number of aliphatic imine (C=N–C) groups is 1. The van der Waals surface area contributed by atoms with E-state index in [-0.39, 0.29) is 5.91 Å². The summed E-state index contributed by atoms with van der Waals surface area (Å²) in [6, 6.07) is 8.03. The first-order chi connectivity index (χ1) is 10.7. The Hall–Kier alpha value is -1.92. The van der Waals surface area contributed by atoms with E-state index in [1.807, 2.05) is 49.6 Å². The van der Waals surface area contributed by atoms with Gasteiger partial charge in [-0.15, -0.1) is 11.3 Å². The van der Waals surface area contributed by atoms with Crippen molar-refractivity contribution in [2.75, 3.05) is 6.54 Å². The van der Waals surface area contributed by atoms with Crippen LogP contribution in [0.4, 0.5) is 5.13 Å². The largest absolute Gasteiger partial charge is 0.287 e. The predicted octanol–water partition coefficient (Wildman–Crippen LogP) is 4.08. The molecule has 1 amide bonds. The Morgan fingerprint density at radius 1 is 1.36 bits per heavy atom. The average Bonchev–Trinajstić information content (AvgIpc) is 3.11. The van der Waals surface area contributed by atoms with Crippen LogP contribution in [0.1, 0.15) is 18.1 Å². The highest BCUT2D eigenvalue weighted by Gasteiger charge is 2.32. The van der Waals surface area contributed by atoms with Gasteiger partial charge in [0.15, 0.2) is 5.17 Å². The monoisotopic (exact) mass is 329 g/mol. The average molecular weight is 329 g/mol. The van der Waals surface area contributed by atoms with Gasteiger partial charge in [0.05, 0.1) is 4.91 Å². The van der Waals surface area contributed by atoms with Crippen LogP contribution in [-0.4, -0.2) is 27.5 Å². The van der Waals surface area contributed by atoms with Gasteiger partial charge in [-0.2, -0.15) is 4.99 Å². The molecule has 0 N–H and O–H groups in total. The number of benzene rings is 1. The number of amidine groups is 1. The zero-order valence-electron chi connectivity index (χ0n) is 12.3. The van der Waals surface area contributed by atoms with Gasteiger partial charge in [-0.1, -0.05) is 24.3 Å². The molecule has 4 nitrogen and oxygen atoms in total. The van der Waals surface area contributed by atoms with Crippen molar-refractivity contribution in [3.05, 3.63) is 51.9 Å². The summed E-state index contributed by atoms with van der Waals surface area (Å²) in [5.74, 6) is 0.00561. The maximum absolute atomic E-state index is 12.5. The van der Waals surface area contributed by atoms with E-state index in [0.29, 0.717) is 21.7 Å². The summed E-state index contributed by atoms with van der Waals surface area (Å²) in [4.78, 5) is 23.6. The van der Waals surface area contributed by atoms with E-state index >= 15 is 0 Å². The number of rotatable bonds is 3. The number of carbonyl (C=O) groups is 1. The van der Waals surface area contributed by atoms with E-state index in [1.165, 1.54) is 23.1 Å². The van der Waals surface area contributed by atoms with Crippen molar-refractivity contribution in [2.45, 2.75) is 13.8 Å². The van der Waals surface area contributed by atoms with Crippen LogP contribution < -0.4 is 0 Å². The van der Waals surface area contributed by atoms with Gasteiger partial charge in [-0.05, 0) is 42.8 Å². The molecule has 1 aliphatic rings. The Kier molecular flexibility index (Phi) is 4.40. The van der Waals surface area contributed by atoms with Crippen LogP contribution in [0.25, 0.3) is 6.08 Å². The van der Waals surface area contributed by atoms with Gasteiger partial charge in [-0.25, -0.2) is 4.98 Å². The Bertz CT molecular complexity index is 751. The van der Waals surface area contributed by atoms with Crippen molar-refractivity contribution in [3.8, 4) is 0 Å². The molecular formula is C16H15N3OS2. The molecule has 0 aliphatic carbocycles. The lowest BCUT2D eigenvalue weighted by Gasteiger charge is -2.11. The van der Waals surface area contributed by atoms with Crippen molar-refractivity contribution < 1.29 is 4.79 Å². The molecule has 112 valence electrons. The van der Waals surface area contributed by atoms with Crippen molar-refractivity contribution in [1.29, 1.82) is 0 Å². The molecule has 0 spiro atoms. The molecular weight excluding hydrogens is 314 g/mol. The second-order valence-electron chi connectivity index (χ2n) is 4.73. The molecule has 3 rings (SSSR count). The second kappa shape index (κ2) is 6.46. The van der Waals surface area contributed by atoms with Gasteiger partial charge < -0.3 is 0 Å². The maximum atomic E-state index is 12.5. The summed E-state index contributed by atoms with van der Waals surface area (Å²) < 4.78 is 0. The van der Waals surface area contributed by atoms with Crippen LogP contribution in [-0.2, 0) is 4.79 Å². The molecule has 0 atom stereocenters. The molecule has 0 bridgehead atoms. The van der Waals surface area contributed by atoms with E-state index in [2.05, 4.69) is 9.98 Å². The highest BCUT2D eigenvalue weighted by Crippen LogP contribution is 2.34. The first-order valence-electron chi connectivity index (χ1n) is 6.94. The lowest BCUT2D eigenvalue weighted by molar-refractivity contribution is -0.122. The number of thiazole rings is 1. The van der Waals surface area contributed by atoms with E-state index < -0.39 is 0 Å². The van der Waals surface area contributed by atoms with Crippen molar-refractivity contribution >= 4 is 45.4 Å². The van der Waals surface area contributed by atoms with Gasteiger partial charge in [0.2, 0.25) is 5.13 Å². The van der Waals surface area contributed by atoms with Crippen LogP contribution in [0.15, 0.2) is 45.7 Å². The third-order valence-electron chi connectivity index (χ3n) is 3.29. The highest BCUT2D eigenvalue weighted by atomic mass is 32.2. The summed E-state index contributed by atoms with van der Waals surface area (Å²) >= 11 is 2.87. The standard InChI is InChI=1S/C16H15N3OS2/c1-3-19-14(20)13(10-12-7-5-4-6-11(12)2)22-16(19)18-15-17-8-9-21-15/h4-10H,3H2,1-2H3/b13-10-,18-16+. The number of nitrogens with zero attached hydrogens (tertiary/aromatic N) is 3. The van der Waals surface area contributed by atoms with E-state index in [0.717, 1.165) is 11.1 Å². The second-order valence-corrected chi connectivity index (χ2v) is 6.61. The summed E-state index contributed by atoms with van der Waals surface area (Å²) in [5, 5.41) is 3.24. The molecule has 22 heavy (non-hydrogen) atoms. The van der Waals surface area contributed by atoms with Crippen LogP contribution in [0.5, 0.6) is 0 Å². The number of hydrogen-bond acceptors (Lipinski definition) is 5. The summed E-state index contributed by atoms with van der Waals surface area (Å²) in [7, 11) is 0. The molecule has 1 saturated heterocycles. The minimum Gasteiger partial charge on any atom is -0.287 e. The number of thioether (sulfide) groups is 1. The number of likely N-dealkylation sites (N-methyl/N-ethyl adjacent to an activating group) is 1. The molecule has 1 fully saturated rings. The Labute approximate surface area is 137 Å². The molecule has 2 heterocycles. The lowest BCUT2D eigenvalue weighted by atomic mass is 10.1. The molecule has 1 aromatic carbocycles. The van der Waals surface area contributed by atoms with E-state index in [1.54, 1.807) is 11.1 Å². The number of aryl methyl sites for hydroxylation is 1. The number of amides is 1. The predicted molar refractivity (Wildman–Crippen MR) is 93.3 cm³/mol. The minimum absolute atomic E-state index is 0.00561. The zero-order chi connectivity index (χ0) is 15.5. The molecule has 6 heteroatoms. The molecule has 2 aromatic rings. The quantitative estimate of drug-likeness (QED) is 0.797. The van der Waals surface area contributed by atoms with Crippen LogP contribution in [0.2, 0.25) is 0 Å². The number of carbonyl (C=O) groups excluding carboxylic acids is 1. The fourth-order valence-electron chi connectivity index (χ4n) is 2.11. The van der Waals surface area contributed by atoms with E-state index in [9.17, 15) is 4.79 Å². The smallest absolute Gasteiger partial charge is 0.266 e. The minimum atomic E-state index is 0.00561. The molecule has 1 aliphatic heterocycles. The zero-order valence-corrected chi connectivity index (χ0v) is 13.9. The highest BCUT2D eigenvalue weighted by molar-refractivity contribution is 8.18. The van der Waals surface area contributed by atoms with Crippen LogP contribution >= 0.6 is 23.1 Å². The third kappa shape index (κ3) is 2.98. The SMILES string of the molecule is CCN1C(=O)/C(=C/c2ccccc2C)S/C1=N/c1nccs1. The molecule has 1 aromatic heterocycles. The number of aromatic nitrogens is 1. The van der Waals surface area contributed by atoms with Gasteiger partial charge in [0.1, 0.15) is 0 Å². The lowest BCUT2D eigenvalue weighted by Crippen LogP contribution is -2.28. The summed E-state index contributed by atoms with van der Waals surface area (Å²) in [6.07, 6.45) is 3.65. The molecule has 0 radical (unpaired) electrons. The topological polar surface area (TPSA) is 45.6 Å². The van der Waals surface area contributed by atoms with Crippen molar-refractivity contribution in [1.82, 2.24) is 9.88 Å². The Balaban J connectivity index is 1.95. The van der Waals surface area contributed by atoms with Crippen LogP contribution in [0, 0.1) is 6.92 Å². The van der Waals surface area contributed by atoms with Gasteiger partial charge in [0, 0.05) is 18.1 Å². The normalized spacial score (nSPS) is 18.6.